The SMILES string of the molecule is COCCOc1c(C2=NCCN2)cccc1-c1ccc(Cl)cc1. The van der Waals surface area contributed by atoms with Gasteiger partial charge in [-0.15, -0.1) is 0 Å². The molecule has 1 N–H and O–H groups in total. The minimum atomic E-state index is 0.487. The average molecular weight is 331 g/mol. The van der Waals surface area contributed by atoms with Gasteiger partial charge in [-0.2, -0.15) is 0 Å². The minimum Gasteiger partial charge on any atom is -0.490 e. The van der Waals surface area contributed by atoms with E-state index in [0.717, 1.165) is 41.4 Å². The number of hydrogen-bond donors (Lipinski definition) is 1. The fraction of sp³-hybridized carbons (Fsp3) is 0.278. The lowest BCUT2D eigenvalue weighted by Crippen LogP contribution is -2.21. The summed E-state index contributed by atoms with van der Waals surface area (Å²) in [4.78, 5) is 4.52. The zero-order chi connectivity index (χ0) is 16.1. The summed E-state index contributed by atoms with van der Waals surface area (Å²) >= 11 is 6.00. The third-order valence-corrected chi connectivity index (χ3v) is 3.89. The summed E-state index contributed by atoms with van der Waals surface area (Å²) in [6, 6.07) is 13.8. The Balaban J connectivity index is 2.03. The van der Waals surface area contributed by atoms with E-state index in [4.69, 9.17) is 21.1 Å². The number of aliphatic imine (C=N–C) groups is 1. The van der Waals surface area contributed by atoms with Crippen LogP contribution in [-0.4, -0.2) is 39.2 Å². The van der Waals surface area contributed by atoms with Gasteiger partial charge >= 0.3 is 0 Å². The molecule has 0 spiro atoms. The Kier molecular flexibility index (Phi) is 5.16. The third kappa shape index (κ3) is 3.66. The van der Waals surface area contributed by atoms with Crippen molar-refractivity contribution in [2.75, 3.05) is 33.4 Å². The van der Waals surface area contributed by atoms with Crippen LogP contribution in [0, 0.1) is 0 Å². The molecule has 1 aliphatic rings. The molecule has 2 aromatic carbocycles. The van der Waals surface area contributed by atoms with E-state index >= 15 is 0 Å². The van der Waals surface area contributed by atoms with Crippen molar-refractivity contribution in [3.05, 3.63) is 53.1 Å². The Morgan fingerprint density at radius 3 is 2.57 bits per heavy atom. The van der Waals surface area contributed by atoms with Gasteiger partial charge in [0.2, 0.25) is 0 Å². The number of nitrogens with one attached hydrogen (secondary N) is 1. The number of ether oxygens (including phenoxy) is 2. The van der Waals surface area contributed by atoms with Crippen LogP contribution >= 0.6 is 11.6 Å². The van der Waals surface area contributed by atoms with Crippen LogP contribution in [0.1, 0.15) is 5.56 Å². The van der Waals surface area contributed by atoms with Crippen molar-refractivity contribution in [3.8, 4) is 16.9 Å². The van der Waals surface area contributed by atoms with Crippen molar-refractivity contribution in [2.45, 2.75) is 0 Å². The molecule has 0 unspecified atom stereocenters. The van der Waals surface area contributed by atoms with Gasteiger partial charge in [0.15, 0.2) is 0 Å². The van der Waals surface area contributed by atoms with Gasteiger partial charge in [-0.3, -0.25) is 4.99 Å². The second kappa shape index (κ2) is 7.49. The Labute approximate surface area is 141 Å². The monoisotopic (exact) mass is 330 g/mol. The van der Waals surface area contributed by atoms with Crippen LogP contribution in [0.3, 0.4) is 0 Å². The second-order valence-corrected chi connectivity index (χ2v) is 5.62. The number of methoxy groups -OCH3 is 1. The zero-order valence-corrected chi connectivity index (χ0v) is 13.8. The van der Waals surface area contributed by atoms with E-state index < -0.39 is 0 Å². The number of nitrogens with zero attached hydrogens (tertiary/aromatic N) is 1. The fourth-order valence-electron chi connectivity index (χ4n) is 2.54. The van der Waals surface area contributed by atoms with E-state index in [2.05, 4.69) is 10.3 Å². The summed E-state index contributed by atoms with van der Waals surface area (Å²) in [5, 5.41) is 4.03. The Hall–Kier alpha value is -2.04. The molecular formula is C18H19ClN2O2. The summed E-state index contributed by atoms with van der Waals surface area (Å²) in [5.74, 6) is 1.70. The first-order valence-corrected chi connectivity index (χ1v) is 7.97. The van der Waals surface area contributed by atoms with Gasteiger partial charge < -0.3 is 14.8 Å². The number of hydrogen-bond acceptors (Lipinski definition) is 4. The van der Waals surface area contributed by atoms with Crippen molar-refractivity contribution in [2.24, 2.45) is 4.99 Å². The first kappa shape index (κ1) is 15.8. The summed E-state index contributed by atoms with van der Waals surface area (Å²) in [6.45, 7) is 2.67. The van der Waals surface area contributed by atoms with E-state index in [9.17, 15) is 0 Å². The van der Waals surface area contributed by atoms with Gasteiger partial charge in [0, 0.05) is 24.2 Å². The van der Waals surface area contributed by atoms with Crippen LogP contribution in [0.15, 0.2) is 47.5 Å². The molecule has 0 aromatic heterocycles. The molecule has 120 valence electrons. The summed E-state index contributed by atoms with van der Waals surface area (Å²) < 4.78 is 11.1. The average Bonchev–Trinajstić information content (AvgIpc) is 3.10. The molecule has 1 heterocycles. The number of benzene rings is 2. The normalized spacial score (nSPS) is 13.6. The molecule has 2 aromatic rings. The Morgan fingerprint density at radius 1 is 1.09 bits per heavy atom. The van der Waals surface area contributed by atoms with E-state index in [1.807, 2.05) is 42.5 Å². The van der Waals surface area contributed by atoms with Crippen molar-refractivity contribution >= 4 is 17.4 Å². The highest BCUT2D eigenvalue weighted by Crippen LogP contribution is 2.34. The molecule has 1 aliphatic heterocycles. The van der Waals surface area contributed by atoms with Crippen molar-refractivity contribution in [1.82, 2.24) is 5.32 Å². The molecule has 0 fully saturated rings. The van der Waals surface area contributed by atoms with Crippen LogP contribution in [0.25, 0.3) is 11.1 Å². The summed E-state index contributed by atoms with van der Waals surface area (Å²) in [7, 11) is 1.66. The number of halogens is 1. The van der Waals surface area contributed by atoms with Crippen molar-refractivity contribution in [3.63, 3.8) is 0 Å². The molecule has 0 atom stereocenters. The summed E-state index contributed by atoms with van der Waals surface area (Å²) in [6.07, 6.45) is 0. The van der Waals surface area contributed by atoms with Crippen LogP contribution < -0.4 is 10.1 Å². The predicted octanol–water partition coefficient (Wildman–Crippen LogP) is 3.38. The molecule has 0 bridgehead atoms. The molecule has 3 rings (SSSR count). The largest absolute Gasteiger partial charge is 0.490 e. The van der Waals surface area contributed by atoms with Crippen LogP contribution in [0.2, 0.25) is 5.02 Å². The number of rotatable bonds is 6. The maximum atomic E-state index is 6.03. The Bertz CT molecular complexity index is 699. The van der Waals surface area contributed by atoms with Crippen LogP contribution in [-0.2, 0) is 4.74 Å². The lowest BCUT2D eigenvalue weighted by atomic mass is 10.0. The molecule has 0 aliphatic carbocycles. The predicted molar refractivity (Wildman–Crippen MR) is 93.7 cm³/mol. The van der Waals surface area contributed by atoms with E-state index in [-0.39, 0.29) is 0 Å². The highest BCUT2D eigenvalue weighted by molar-refractivity contribution is 6.30. The van der Waals surface area contributed by atoms with E-state index in [1.165, 1.54) is 0 Å². The third-order valence-electron chi connectivity index (χ3n) is 3.63. The van der Waals surface area contributed by atoms with Gasteiger partial charge in [0.1, 0.15) is 18.2 Å². The molecule has 4 nitrogen and oxygen atoms in total. The summed E-state index contributed by atoms with van der Waals surface area (Å²) in [5.41, 5.74) is 3.06. The first-order valence-electron chi connectivity index (χ1n) is 7.59. The fourth-order valence-corrected chi connectivity index (χ4v) is 2.67. The molecule has 0 saturated heterocycles. The smallest absolute Gasteiger partial charge is 0.138 e. The van der Waals surface area contributed by atoms with Gasteiger partial charge in [-0.25, -0.2) is 0 Å². The van der Waals surface area contributed by atoms with Gasteiger partial charge in [0.05, 0.1) is 18.7 Å². The topological polar surface area (TPSA) is 42.9 Å². The maximum absolute atomic E-state index is 6.03. The molecule has 23 heavy (non-hydrogen) atoms. The van der Waals surface area contributed by atoms with E-state index in [1.54, 1.807) is 7.11 Å². The van der Waals surface area contributed by atoms with Gasteiger partial charge in [0.25, 0.3) is 0 Å². The molecular weight excluding hydrogens is 312 g/mol. The maximum Gasteiger partial charge on any atom is 0.138 e. The quantitative estimate of drug-likeness (QED) is 0.826. The number of amidine groups is 1. The number of para-hydroxylation sites is 1. The van der Waals surface area contributed by atoms with E-state index in [0.29, 0.717) is 18.2 Å². The highest BCUT2D eigenvalue weighted by Gasteiger charge is 2.17. The second-order valence-electron chi connectivity index (χ2n) is 5.19. The van der Waals surface area contributed by atoms with Crippen LogP contribution in [0.5, 0.6) is 5.75 Å². The molecule has 0 amide bonds. The van der Waals surface area contributed by atoms with Crippen molar-refractivity contribution in [1.29, 1.82) is 0 Å². The molecule has 0 saturated carbocycles. The first-order chi connectivity index (χ1) is 11.3. The lowest BCUT2D eigenvalue weighted by molar-refractivity contribution is 0.146. The van der Waals surface area contributed by atoms with Gasteiger partial charge in [-0.05, 0) is 23.8 Å². The standard InChI is InChI=1S/C18H19ClN2O2/c1-22-11-12-23-17-15(13-5-7-14(19)8-6-13)3-2-4-16(17)18-20-9-10-21-18/h2-8H,9-12H2,1H3,(H,20,21). The van der Waals surface area contributed by atoms with Crippen molar-refractivity contribution < 1.29 is 9.47 Å². The van der Waals surface area contributed by atoms with Gasteiger partial charge in [-0.1, -0.05) is 35.9 Å². The molecule has 5 heteroatoms. The minimum absolute atomic E-state index is 0.487. The Morgan fingerprint density at radius 2 is 1.87 bits per heavy atom. The zero-order valence-electron chi connectivity index (χ0n) is 13.0. The highest BCUT2D eigenvalue weighted by atomic mass is 35.5. The molecule has 0 radical (unpaired) electrons. The van der Waals surface area contributed by atoms with Crippen LogP contribution in [0.4, 0.5) is 0 Å². The lowest BCUT2D eigenvalue weighted by Gasteiger charge is -2.16.